The normalized spacial score (nSPS) is 12.4. The topological polar surface area (TPSA) is 32.7 Å². The van der Waals surface area contributed by atoms with Crippen LogP contribution in [-0.4, -0.2) is 38.0 Å². The van der Waals surface area contributed by atoms with E-state index in [0.717, 1.165) is 26.0 Å². The maximum absolute atomic E-state index is 9.44. The minimum atomic E-state index is 0.189. The summed E-state index contributed by atoms with van der Waals surface area (Å²) in [4.78, 5) is 2.26. The standard InChI is InChI=1S/C14H23NO2/c1-3-13(12-16)15(10-7-11-17-2)14-8-5-4-6-9-14/h4-6,8-9,13,16H,3,7,10-12H2,1-2H3. The zero-order valence-corrected chi connectivity index (χ0v) is 10.8. The molecule has 0 saturated heterocycles. The summed E-state index contributed by atoms with van der Waals surface area (Å²) in [6.07, 6.45) is 1.92. The van der Waals surface area contributed by atoms with Gasteiger partial charge < -0.3 is 14.7 Å². The predicted octanol–water partition coefficient (Wildman–Crippen LogP) is 2.30. The van der Waals surface area contributed by atoms with Crippen molar-refractivity contribution in [3.63, 3.8) is 0 Å². The number of benzene rings is 1. The molecule has 0 aliphatic heterocycles. The molecule has 0 aliphatic carbocycles. The number of methoxy groups -OCH3 is 1. The number of para-hydroxylation sites is 1. The number of ether oxygens (including phenoxy) is 1. The third kappa shape index (κ3) is 4.36. The van der Waals surface area contributed by atoms with Crippen molar-refractivity contribution in [2.45, 2.75) is 25.8 Å². The molecule has 1 aromatic carbocycles. The van der Waals surface area contributed by atoms with Crippen LogP contribution in [0.15, 0.2) is 30.3 Å². The number of nitrogens with zero attached hydrogens (tertiary/aromatic N) is 1. The van der Waals surface area contributed by atoms with Gasteiger partial charge in [-0.3, -0.25) is 0 Å². The molecule has 1 atom stereocenters. The van der Waals surface area contributed by atoms with Gasteiger partial charge in [0.05, 0.1) is 12.6 Å². The molecule has 1 N–H and O–H groups in total. The molecule has 0 bridgehead atoms. The summed E-state index contributed by atoms with van der Waals surface area (Å²) in [7, 11) is 1.72. The van der Waals surface area contributed by atoms with Gasteiger partial charge in [0.15, 0.2) is 0 Å². The van der Waals surface area contributed by atoms with Gasteiger partial charge in [-0.2, -0.15) is 0 Å². The molecule has 0 amide bonds. The van der Waals surface area contributed by atoms with Crippen LogP contribution < -0.4 is 4.90 Å². The van der Waals surface area contributed by atoms with E-state index in [1.54, 1.807) is 7.11 Å². The van der Waals surface area contributed by atoms with Gasteiger partial charge in [-0.1, -0.05) is 25.1 Å². The second kappa shape index (κ2) is 8.09. The van der Waals surface area contributed by atoms with Gasteiger partial charge in [0.1, 0.15) is 0 Å². The highest BCUT2D eigenvalue weighted by atomic mass is 16.5. The Bertz CT molecular complexity index is 286. The summed E-state index contributed by atoms with van der Waals surface area (Å²) in [5, 5.41) is 9.44. The molecule has 96 valence electrons. The van der Waals surface area contributed by atoms with E-state index in [2.05, 4.69) is 24.0 Å². The van der Waals surface area contributed by atoms with Gasteiger partial charge in [0.25, 0.3) is 0 Å². The summed E-state index contributed by atoms with van der Waals surface area (Å²) in [6, 6.07) is 10.4. The molecule has 0 heterocycles. The Morgan fingerprint density at radius 1 is 1.29 bits per heavy atom. The van der Waals surface area contributed by atoms with Crippen molar-refractivity contribution in [3.8, 4) is 0 Å². The Morgan fingerprint density at radius 2 is 2.00 bits per heavy atom. The van der Waals surface area contributed by atoms with Crippen molar-refractivity contribution in [3.05, 3.63) is 30.3 Å². The number of aliphatic hydroxyl groups excluding tert-OH is 1. The first-order valence-electron chi connectivity index (χ1n) is 6.25. The fourth-order valence-electron chi connectivity index (χ4n) is 1.97. The summed E-state index contributed by atoms with van der Waals surface area (Å²) in [6.45, 7) is 3.97. The van der Waals surface area contributed by atoms with Crippen LogP contribution in [-0.2, 0) is 4.74 Å². The zero-order valence-electron chi connectivity index (χ0n) is 10.8. The molecule has 0 spiro atoms. The SMILES string of the molecule is CCC(CO)N(CCCOC)c1ccccc1. The summed E-state index contributed by atoms with van der Waals surface area (Å²) in [5.41, 5.74) is 1.17. The smallest absolute Gasteiger partial charge is 0.0634 e. The van der Waals surface area contributed by atoms with Gasteiger partial charge in [-0.15, -0.1) is 0 Å². The fraction of sp³-hybridized carbons (Fsp3) is 0.571. The molecule has 1 aromatic rings. The lowest BCUT2D eigenvalue weighted by Gasteiger charge is -2.32. The van der Waals surface area contributed by atoms with E-state index in [0.29, 0.717) is 0 Å². The molecule has 3 nitrogen and oxygen atoms in total. The molecule has 0 fully saturated rings. The first-order chi connectivity index (χ1) is 8.33. The highest BCUT2D eigenvalue weighted by Gasteiger charge is 2.15. The number of rotatable bonds is 8. The minimum Gasteiger partial charge on any atom is -0.394 e. The van der Waals surface area contributed by atoms with Crippen LogP contribution in [0.2, 0.25) is 0 Å². The van der Waals surface area contributed by atoms with E-state index >= 15 is 0 Å². The Morgan fingerprint density at radius 3 is 2.53 bits per heavy atom. The molecule has 0 saturated carbocycles. The van der Waals surface area contributed by atoms with Crippen LogP contribution in [0.5, 0.6) is 0 Å². The number of hydrogen-bond donors (Lipinski definition) is 1. The summed E-state index contributed by atoms with van der Waals surface area (Å²) >= 11 is 0. The fourth-order valence-corrected chi connectivity index (χ4v) is 1.97. The van der Waals surface area contributed by atoms with Crippen molar-refractivity contribution in [1.29, 1.82) is 0 Å². The highest BCUT2D eigenvalue weighted by Crippen LogP contribution is 2.18. The lowest BCUT2D eigenvalue weighted by atomic mass is 10.1. The Hall–Kier alpha value is -1.06. The van der Waals surface area contributed by atoms with Crippen molar-refractivity contribution in [2.75, 3.05) is 31.8 Å². The lowest BCUT2D eigenvalue weighted by molar-refractivity contribution is 0.193. The molecule has 0 radical (unpaired) electrons. The second-order valence-corrected chi connectivity index (χ2v) is 4.12. The van der Waals surface area contributed by atoms with Crippen LogP contribution in [0.3, 0.4) is 0 Å². The lowest BCUT2D eigenvalue weighted by Crippen LogP contribution is -2.38. The van der Waals surface area contributed by atoms with Gasteiger partial charge in [-0.05, 0) is 25.0 Å². The molecular formula is C14H23NO2. The second-order valence-electron chi connectivity index (χ2n) is 4.12. The molecule has 0 aromatic heterocycles. The molecule has 1 unspecified atom stereocenters. The van der Waals surface area contributed by atoms with E-state index in [4.69, 9.17) is 4.74 Å². The van der Waals surface area contributed by atoms with Gasteiger partial charge >= 0.3 is 0 Å². The van der Waals surface area contributed by atoms with Crippen molar-refractivity contribution >= 4 is 5.69 Å². The molecule has 0 aliphatic rings. The third-order valence-electron chi connectivity index (χ3n) is 2.96. The van der Waals surface area contributed by atoms with Crippen molar-refractivity contribution < 1.29 is 9.84 Å². The van der Waals surface area contributed by atoms with Gasteiger partial charge in [-0.25, -0.2) is 0 Å². The van der Waals surface area contributed by atoms with Crippen molar-refractivity contribution in [1.82, 2.24) is 0 Å². The monoisotopic (exact) mass is 237 g/mol. The van der Waals surface area contributed by atoms with E-state index in [9.17, 15) is 5.11 Å². The maximum Gasteiger partial charge on any atom is 0.0634 e. The Labute approximate surface area is 104 Å². The Kier molecular flexibility index (Phi) is 6.67. The maximum atomic E-state index is 9.44. The number of anilines is 1. The molecule has 3 heteroatoms. The average molecular weight is 237 g/mol. The average Bonchev–Trinajstić information content (AvgIpc) is 2.39. The zero-order chi connectivity index (χ0) is 12.5. The first kappa shape index (κ1) is 14.0. The van der Waals surface area contributed by atoms with Gasteiger partial charge in [0.2, 0.25) is 0 Å². The van der Waals surface area contributed by atoms with Crippen LogP contribution in [0.1, 0.15) is 19.8 Å². The largest absolute Gasteiger partial charge is 0.394 e. The van der Waals surface area contributed by atoms with Crippen LogP contribution in [0, 0.1) is 0 Å². The van der Waals surface area contributed by atoms with E-state index in [1.165, 1.54) is 5.69 Å². The number of hydrogen-bond acceptors (Lipinski definition) is 3. The molecule has 17 heavy (non-hydrogen) atoms. The molecule has 1 rings (SSSR count). The van der Waals surface area contributed by atoms with Crippen LogP contribution in [0.25, 0.3) is 0 Å². The van der Waals surface area contributed by atoms with E-state index < -0.39 is 0 Å². The summed E-state index contributed by atoms with van der Waals surface area (Å²) < 4.78 is 5.09. The first-order valence-corrected chi connectivity index (χ1v) is 6.25. The van der Waals surface area contributed by atoms with Crippen LogP contribution in [0.4, 0.5) is 5.69 Å². The minimum absolute atomic E-state index is 0.189. The van der Waals surface area contributed by atoms with E-state index in [1.807, 2.05) is 18.2 Å². The van der Waals surface area contributed by atoms with E-state index in [-0.39, 0.29) is 12.6 Å². The quantitative estimate of drug-likeness (QED) is 0.704. The third-order valence-corrected chi connectivity index (χ3v) is 2.96. The van der Waals surface area contributed by atoms with Gasteiger partial charge in [0, 0.05) is 25.9 Å². The Balaban J connectivity index is 2.71. The van der Waals surface area contributed by atoms with Crippen LogP contribution >= 0.6 is 0 Å². The van der Waals surface area contributed by atoms with Crippen molar-refractivity contribution in [2.24, 2.45) is 0 Å². The number of aliphatic hydroxyl groups is 1. The predicted molar refractivity (Wildman–Crippen MR) is 71.4 cm³/mol. The molecular weight excluding hydrogens is 214 g/mol. The highest BCUT2D eigenvalue weighted by molar-refractivity contribution is 5.47. The summed E-state index contributed by atoms with van der Waals surface area (Å²) in [5.74, 6) is 0.